The Kier molecular flexibility index (Phi) is 3.41. The average Bonchev–Trinajstić information content (AvgIpc) is 2.36. The van der Waals surface area contributed by atoms with Gasteiger partial charge in [-0.25, -0.2) is 0 Å². The summed E-state index contributed by atoms with van der Waals surface area (Å²) in [5.41, 5.74) is 6.39. The van der Waals surface area contributed by atoms with Crippen LogP contribution >= 0.6 is 11.6 Å². The molecule has 68 valence electrons. The summed E-state index contributed by atoms with van der Waals surface area (Å²) in [5, 5.41) is 7.25. The second-order valence-corrected chi connectivity index (χ2v) is 3.23. The Morgan fingerprint density at radius 1 is 1.50 bits per heavy atom. The molecule has 0 atom stereocenters. The summed E-state index contributed by atoms with van der Waals surface area (Å²) in [6, 6.07) is 0. The van der Waals surface area contributed by atoms with Gasteiger partial charge in [-0.05, 0) is 12.8 Å². The molecule has 3 N–H and O–H groups in total. The summed E-state index contributed by atoms with van der Waals surface area (Å²) >= 11 is 5.87. The van der Waals surface area contributed by atoms with Gasteiger partial charge in [0.25, 0.3) is 0 Å². The molecule has 3 nitrogen and oxygen atoms in total. The van der Waals surface area contributed by atoms with Gasteiger partial charge in [0.2, 0.25) is 0 Å². The molecular formula is C8H14ClN3. The van der Waals surface area contributed by atoms with E-state index in [0.717, 1.165) is 18.5 Å². The molecule has 0 bridgehead atoms. The summed E-state index contributed by atoms with van der Waals surface area (Å²) in [5.74, 6) is 0.475. The van der Waals surface area contributed by atoms with E-state index in [9.17, 15) is 0 Å². The Morgan fingerprint density at radius 3 is 2.75 bits per heavy atom. The number of halogens is 1. The van der Waals surface area contributed by atoms with Crippen molar-refractivity contribution in [2.45, 2.75) is 32.6 Å². The zero-order valence-corrected chi connectivity index (χ0v) is 7.99. The summed E-state index contributed by atoms with van der Waals surface area (Å²) < 4.78 is 0. The number of nitrogen functional groups attached to an aromatic ring is 1. The molecule has 0 aromatic carbocycles. The monoisotopic (exact) mass is 187 g/mol. The molecule has 0 unspecified atom stereocenters. The van der Waals surface area contributed by atoms with Crippen LogP contribution in [0.25, 0.3) is 0 Å². The largest absolute Gasteiger partial charge is 0.383 e. The number of hydrogen-bond donors (Lipinski definition) is 2. The topological polar surface area (TPSA) is 54.7 Å². The highest BCUT2D eigenvalue weighted by Crippen LogP contribution is 2.21. The fourth-order valence-electron chi connectivity index (χ4n) is 1.09. The smallest absolute Gasteiger partial charge is 0.138 e. The number of nitrogens with two attached hydrogens (primary N) is 1. The molecule has 4 heteroatoms. The first-order valence-electron chi connectivity index (χ1n) is 4.24. The van der Waals surface area contributed by atoms with Crippen molar-refractivity contribution < 1.29 is 0 Å². The zero-order chi connectivity index (χ0) is 8.97. The van der Waals surface area contributed by atoms with E-state index in [2.05, 4.69) is 17.1 Å². The third-order valence-electron chi connectivity index (χ3n) is 1.82. The number of nitrogens with one attached hydrogen (secondary N) is 1. The van der Waals surface area contributed by atoms with Gasteiger partial charge in [-0.1, -0.05) is 31.4 Å². The molecule has 1 heterocycles. The number of hydrogen-bond acceptors (Lipinski definition) is 2. The van der Waals surface area contributed by atoms with Crippen molar-refractivity contribution in [3.63, 3.8) is 0 Å². The first kappa shape index (κ1) is 9.39. The van der Waals surface area contributed by atoms with Crippen LogP contribution in [0.3, 0.4) is 0 Å². The van der Waals surface area contributed by atoms with Gasteiger partial charge in [-0.15, -0.1) is 0 Å². The van der Waals surface area contributed by atoms with Gasteiger partial charge < -0.3 is 5.73 Å². The summed E-state index contributed by atoms with van der Waals surface area (Å²) in [6.45, 7) is 2.17. The van der Waals surface area contributed by atoms with Crippen LogP contribution in [-0.4, -0.2) is 10.2 Å². The lowest BCUT2D eigenvalue weighted by atomic mass is 10.1. The summed E-state index contributed by atoms with van der Waals surface area (Å²) in [7, 11) is 0. The Labute approximate surface area is 77.3 Å². The van der Waals surface area contributed by atoms with Crippen molar-refractivity contribution in [3.05, 3.63) is 10.7 Å². The van der Waals surface area contributed by atoms with E-state index in [4.69, 9.17) is 17.3 Å². The van der Waals surface area contributed by atoms with Gasteiger partial charge in [0, 0.05) is 0 Å². The summed E-state index contributed by atoms with van der Waals surface area (Å²) in [6.07, 6.45) is 4.46. The SMILES string of the molecule is CCCCCc1n[nH]c(N)c1Cl. The molecule has 0 radical (unpaired) electrons. The quantitative estimate of drug-likeness (QED) is 0.712. The normalized spacial score (nSPS) is 10.5. The van der Waals surface area contributed by atoms with Crippen LogP contribution < -0.4 is 5.73 Å². The number of aryl methyl sites for hydroxylation is 1. The van der Waals surface area contributed by atoms with Crippen LogP contribution in [-0.2, 0) is 6.42 Å². The van der Waals surface area contributed by atoms with Gasteiger partial charge in [0.1, 0.15) is 10.8 Å². The van der Waals surface area contributed by atoms with Crippen molar-refractivity contribution in [1.29, 1.82) is 0 Å². The van der Waals surface area contributed by atoms with Crippen molar-refractivity contribution >= 4 is 17.4 Å². The average molecular weight is 188 g/mol. The highest BCUT2D eigenvalue weighted by atomic mass is 35.5. The maximum absolute atomic E-state index is 5.87. The van der Waals surface area contributed by atoms with E-state index in [0.29, 0.717) is 10.8 Å². The molecule has 1 aromatic rings. The van der Waals surface area contributed by atoms with Gasteiger partial charge in [0.05, 0.1) is 5.69 Å². The van der Waals surface area contributed by atoms with E-state index in [-0.39, 0.29) is 0 Å². The van der Waals surface area contributed by atoms with Gasteiger partial charge in [-0.3, -0.25) is 5.10 Å². The highest BCUT2D eigenvalue weighted by molar-refractivity contribution is 6.33. The molecule has 0 spiro atoms. The van der Waals surface area contributed by atoms with Gasteiger partial charge in [0.15, 0.2) is 0 Å². The number of aromatic amines is 1. The Bertz CT molecular complexity index is 244. The molecule has 0 saturated heterocycles. The van der Waals surface area contributed by atoms with E-state index < -0.39 is 0 Å². The maximum Gasteiger partial charge on any atom is 0.138 e. The molecule has 12 heavy (non-hydrogen) atoms. The van der Waals surface area contributed by atoms with E-state index in [1.54, 1.807) is 0 Å². The van der Waals surface area contributed by atoms with Crippen LogP contribution in [0, 0.1) is 0 Å². The zero-order valence-electron chi connectivity index (χ0n) is 7.23. The standard InChI is InChI=1S/C8H14ClN3/c1-2-3-4-5-6-7(9)8(10)12-11-6/h2-5H2,1H3,(H3,10,11,12). The number of H-pyrrole nitrogens is 1. The fourth-order valence-corrected chi connectivity index (χ4v) is 1.27. The van der Waals surface area contributed by atoms with Crippen LogP contribution in [0.5, 0.6) is 0 Å². The molecule has 0 aliphatic heterocycles. The first-order valence-corrected chi connectivity index (χ1v) is 4.61. The Balaban J connectivity index is 2.46. The third-order valence-corrected chi connectivity index (χ3v) is 2.24. The fraction of sp³-hybridized carbons (Fsp3) is 0.625. The van der Waals surface area contributed by atoms with E-state index in [1.165, 1.54) is 12.8 Å². The van der Waals surface area contributed by atoms with Crippen LogP contribution in [0.1, 0.15) is 31.9 Å². The molecule has 1 aromatic heterocycles. The highest BCUT2D eigenvalue weighted by Gasteiger charge is 2.06. The maximum atomic E-state index is 5.87. The first-order chi connectivity index (χ1) is 5.75. The van der Waals surface area contributed by atoms with Gasteiger partial charge >= 0.3 is 0 Å². The molecule has 1 rings (SSSR count). The lowest BCUT2D eigenvalue weighted by Crippen LogP contribution is -1.86. The molecule has 0 amide bonds. The molecule has 0 fully saturated rings. The second kappa shape index (κ2) is 4.36. The number of aromatic nitrogens is 2. The van der Waals surface area contributed by atoms with Crippen molar-refractivity contribution in [3.8, 4) is 0 Å². The Hall–Kier alpha value is -0.700. The number of unbranched alkanes of at least 4 members (excludes halogenated alkanes) is 2. The molecular weight excluding hydrogens is 174 g/mol. The van der Waals surface area contributed by atoms with Crippen LogP contribution in [0.4, 0.5) is 5.82 Å². The van der Waals surface area contributed by atoms with Crippen LogP contribution in [0.15, 0.2) is 0 Å². The van der Waals surface area contributed by atoms with Crippen LogP contribution in [0.2, 0.25) is 5.02 Å². The predicted molar refractivity (Wildman–Crippen MR) is 51.2 cm³/mol. The molecule has 0 aliphatic rings. The third kappa shape index (κ3) is 2.14. The van der Waals surface area contributed by atoms with Crippen molar-refractivity contribution in [2.24, 2.45) is 0 Å². The Morgan fingerprint density at radius 2 is 2.25 bits per heavy atom. The van der Waals surface area contributed by atoms with E-state index in [1.807, 2.05) is 0 Å². The van der Waals surface area contributed by atoms with E-state index >= 15 is 0 Å². The predicted octanol–water partition coefficient (Wildman–Crippen LogP) is 2.38. The minimum absolute atomic E-state index is 0.475. The minimum atomic E-state index is 0.475. The number of rotatable bonds is 4. The number of nitrogens with zero attached hydrogens (tertiary/aromatic N) is 1. The van der Waals surface area contributed by atoms with Crippen molar-refractivity contribution in [1.82, 2.24) is 10.2 Å². The lowest BCUT2D eigenvalue weighted by molar-refractivity contribution is 0.705. The minimum Gasteiger partial charge on any atom is -0.383 e. The molecule has 0 aliphatic carbocycles. The summed E-state index contributed by atoms with van der Waals surface area (Å²) in [4.78, 5) is 0. The molecule has 0 saturated carbocycles. The number of anilines is 1. The lowest BCUT2D eigenvalue weighted by Gasteiger charge is -1.95. The van der Waals surface area contributed by atoms with Gasteiger partial charge in [-0.2, -0.15) is 5.10 Å². The van der Waals surface area contributed by atoms with Crippen molar-refractivity contribution in [2.75, 3.05) is 5.73 Å². The second-order valence-electron chi connectivity index (χ2n) is 2.86.